The van der Waals surface area contributed by atoms with Crippen molar-refractivity contribution in [2.45, 2.75) is 247 Å². The number of carbonyl (C=O) groups excluding carboxylic acids is 11. The lowest BCUT2D eigenvalue weighted by Gasteiger charge is -2.42. The van der Waals surface area contributed by atoms with Gasteiger partial charge in [0.05, 0.1) is 91.2 Å². The first kappa shape index (κ1) is 113. The zero-order valence-electron chi connectivity index (χ0n) is 73.2. The Bertz CT molecular complexity index is 3290. The predicted molar refractivity (Wildman–Crippen MR) is 446 cm³/mol. The monoisotopic (exact) mass is 1840 g/mol. The number of carboxylic acid groups (broad SMARTS) is 4. The van der Waals surface area contributed by atoms with Gasteiger partial charge in [-0.15, -0.1) is 0 Å². The first-order chi connectivity index (χ1) is 61.0. The Balaban J connectivity index is 1.70. The molecule has 16 unspecified atom stereocenters. The minimum Gasteiger partial charge on any atom is -0.481 e. The maximum Gasteiger partial charge on any atom is 0.317 e. The summed E-state index contributed by atoms with van der Waals surface area (Å²) >= 11 is 0. The summed E-state index contributed by atoms with van der Waals surface area (Å²) in [6.45, 7) is -2.54. The predicted octanol–water partition coefficient (Wildman–Crippen LogP) is -9.49. The average molecular weight is 1840 g/mol. The van der Waals surface area contributed by atoms with E-state index in [4.69, 9.17) is 33.5 Å². The van der Waals surface area contributed by atoms with Crippen LogP contribution in [-0.2, 0) is 100 Å². The molecule has 0 aromatic rings. The molecule has 24 N–H and O–H groups in total. The number of aliphatic carboxylic acids is 4. The third-order valence-corrected chi connectivity index (χ3v) is 20.7. The van der Waals surface area contributed by atoms with Crippen molar-refractivity contribution in [2.75, 3.05) is 164 Å². The SMILES string of the molecule is CC(=O)NC1C(OCCCCCCNC(=O)CNC(=O)CN(CC(=O)NCC(=O)NCCCCCCOC2OC(CO)C(O)C(O)C2NC(C)=O)C(CCCCNC(=O)CCCCCNC(=O)CN(CCN(CCN(CCC(=O)O)CC(=O)O)CC(=O)O)CC(=O)O)C(=O)NCC(=O)NCCCCCCOC2OC(CO)C(O)C(O)C2NC(C)=O)OC(CO)C(O)C1O. The van der Waals surface area contributed by atoms with Crippen LogP contribution in [0.5, 0.6) is 0 Å². The van der Waals surface area contributed by atoms with Crippen LogP contribution in [0.2, 0.25) is 0 Å². The largest absolute Gasteiger partial charge is 0.481 e. The minimum absolute atomic E-state index is 0.0165. The van der Waals surface area contributed by atoms with Gasteiger partial charge < -0.3 is 153 Å². The zero-order valence-corrected chi connectivity index (χ0v) is 73.2. The van der Waals surface area contributed by atoms with Gasteiger partial charge in [0, 0.05) is 112 Å². The summed E-state index contributed by atoms with van der Waals surface area (Å²) in [6, 6.07) is -4.73. The van der Waals surface area contributed by atoms with Gasteiger partial charge in [-0.25, -0.2) is 0 Å². The number of carbonyl (C=O) groups is 15. The van der Waals surface area contributed by atoms with Crippen molar-refractivity contribution in [3.8, 4) is 0 Å². The van der Waals surface area contributed by atoms with Gasteiger partial charge in [-0.05, 0) is 70.6 Å². The van der Waals surface area contributed by atoms with Gasteiger partial charge in [-0.2, -0.15) is 0 Å². The molecule has 0 aromatic carbocycles. The lowest BCUT2D eigenvalue weighted by atomic mass is 9.97. The Morgan fingerprint density at radius 2 is 0.617 bits per heavy atom. The summed E-state index contributed by atoms with van der Waals surface area (Å²) in [4.78, 5) is 195. The highest BCUT2D eigenvalue weighted by molar-refractivity contribution is 5.91. The second-order valence-electron chi connectivity index (χ2n) is 31.5. The Morgan fingerprint density at radius 3 is 0.969 bits per heavy atom. The lowest BCUT2D eigenvalue weighted by Crippen LogP contribution is -2.64. The van der Waals surface area contributed by atoms with Gasteiger partial charge in [-0.3, -0.25) is 91.5 Å². The third kappa shape index (κ3) is 48.3. The van der Waals surface area contributed by atoms with Crippen molar-refractivity contribution in [2.24, 2.45) is 0 Å². The molecule has 0 saturated carbocycles. The van der Waals surface area contributed by atoms with E-state index >= 15 is 0 Å². The Labute approximate surface area is 742 Å². The summed E-state index contributed by atoms with van der Waals surface area (Å²) in [5.41, 5.74) is 0. The Hall–Kier alpha value is -8.71. The van der Waals surface area contributed by atoms with Gasteiger partial charge in [0.2, 0.25) is 65.0 Å². The van der Waals surface area contributed by atoms with Gasteiger partial charge in [0.1, 0.15) is 73.1 Å². The molecule has 16 atom stereocenters. The van der Waals surface area contributed by atoms with E-state index in [0.29, 0.717) is 96.3 Å². The van der Waals surface area contributed by atoms with Crippen molar-refractivity contribution in [3.63, 3.8) is 0 Å². The van der Waals surface area contributed by atoms with E-state index in [-0.39, 0.29) is 130 Å². The third-order valence-electron chi connectivity index (χ3n) is 20.7. The molecular formula is C79H139N15O34. The topological polar surface area (TPSA) is 720 Å². The second-order valence-corrected chi connectivity index (χ2v) is 31.5. The first-order valence-electron chi connectivity index (χ1n) is 43.4. The molecule has 11 amide bonds. The van der Waals surface area contributed by atoms with Gasteiger partial charge in [0.15, 0.2) is 18.9 Å². The van der Waals surface area contributed by atoms with Crippen molar-refractivity contribution in [1.29, 1.82) is 0 Å². The van der Waals surface area contributed by atoms with Crippen LogP contribution in [0.1, 0.15) is 149 Å². The minimum atomic E-state index is -1.50. The van der Waals surface area contributed by atoms with Crippen molar-refractivity contribution in [3.05, 3.63) is 0 Å². The number of unbranched alkanes of at least 4 members (excludes halogenated alkanes) is 12. The molecule has 3 aliphatic rings. The average Bonchev–Trinajstić information content (AvgIpc) is 0.816. The van der Waals surface area contributed by atoms with E-state index < -0.39 is 253 Å². The van der Waals surface area contributed by atoms with Crippen molar-refractivity contribution in [1.82, 2.24) is 78.1 Å². The number of nitrogens with one attached hydrogen (secondary N) is 11. The van der Waals surface area contributed by atoms with E-state index in [0.717, 1.165) is 0 Å². The molecule has 3 heterocycles. The van der Waals surface area contributed by atoms with Crippen LogP contribution in [0, 0.1) is 0 Å². The molecule has 0 aliphatic carbocycles. The highest BCUT2D eigenvalue weighted by Gasteiger charge is 2.48. The first-order valence-corrected chi connectivity index (χ1v) is 43.4. The molecule has 3 saturated heterocycles. The number of nitrogens with zero attached hydrogens (tertiary/aromatic N) is 4. The number of hydrogen-bond donors (Lipinski definition) is 24. The molecule has 3 fully saturated rings. The highest BCUT2D eigenvalue weighted by Crippen LogP contribution is 2.26. The zero-order chi connectivity index (χ0) is 95.0. The van der Waals surface area contributed by atoms with Gasteiger partial charge in [0.25, 0.3) is 0 Å². The second kappa shape index (κ2) is 64.9. The summed E-state index contributed by atoms with van der Waals surface area (Å²) in [5, 5.41) is 158. The van der Waals surface area contributed by atoms with Crippen molar-refractivity contribution < 1.29 is 167 Å². The van der Waals surface area contributed by atoms with E-state index in [1.54, 1.807) is 0 Å². The number of aliphatic hydroxyl groups excluding tert-OH is 9. The normalized spacial score (nSPS) is 22.4. The summed E-state index contributed by atoms with van der Waals surface area (Å²) < 4.78 is 34.1. The van der Waals surface area contributed by atoms with Crippen molar-refractivity contribution >= 4 is 88.9 Å². The standard InChI is InChI=1S/C79H139N15O34/c1-49(98)88-67-73(119)70(116)53(46-95)126-77(67)123-34-18-7-4-13-24-81-57(102)37-85-61(106)41-94(42-62(107)86-38-58(103)82-25-14-5-8-19-35-124-78-68(89-50(2)99)74(120)71(117)54(47-96)127-78)52(76(122)87-39-59(104)83-26-15-6-9-20-36-125-79-69(90-51(3)100)75(121)72(118)55(48-97)128-79)21-12-17-28-80-56(101)22-11-10-16-27-84-60(105)40-93(45-66(114)115)33-32-92(44-65(112)113)31-30-91(43-64(110)111)29-23-63(108)109/h52-55,67-75,77-79,95-97,116-121H,4-48H2,1-3H3,(H,80,101)(H,81,102)(H,82,103)(H,83,104)(H,84,105)(H,85,106)(H,86,107)(H,87,122)(H,88,98)(H,89,99)(H,90,100)(H,108,109)(H,110,111)(H,112,113)(H,114,115). The Morgan fingerprint density at radius 1 is 0.312 bits per heavy atom. The number of ether oxygens (including phenoxy) is 6. The molecule has 0 radical (unpaired) electrons. The molecular weight excluding hydrogens is 1700 g/mol. The van der Waals surface area contributed by atoms with Crippen LogP contribution in [0.3, 0.4) is 0 Å². The van der Waals surface area contributed by atoms with E-state index in [1.807, 2.05) is 0 Å². The number of amides is 11. The molecule has 3 aliphatic heterocycles. The van der Waals surface area contributed by atoms with Crippen LogP contribution < -0.4 is 58.5 Å². The number of carboxylic acids is 4. The maximum atomic E-state index is 14.5. The molecule has 49 heteroatoms. The molecule has 3 rings (SSSR count). The summed E-state index contributed by atoms with van der Waals surface area (Å²) in [5.74, 6) is -11.6. The Kier molecular flexibility index (Phi) is 57.6. The molecule has 734 valence electrons. The molecule has 128 heavy (non-hydrogen) atoms. The fourth-order valence-electron chi connectivity index (χ4n) is 13.9. The summed E-state index contributed by atoms with van der Waals surface area (Å²) in [7, 11) is 0. The molecule has 0 bridgehead atoms. The van der Waals surface area contributed by atoms with E-state index in [2.05, 4.69) is 58.5 Å². The number of hydrogen-bond acceptors (Lipinski definition) is 34. The smallest absolute Gasteiger partial charge is 0.317 e. The van der Waals surface area contributed by atoms with Gasteiger partial charge >= 0.3 is 23.9 Å². The quantitative estimate of drug-likeness (QED) is 0.0251. The van der Waals surface area contributed by atoms with Crippen LogP contribution in [0.15, 0.2) is 0 Å². The lowest BCUT2D eigenvalue weighted by molar-refractivity contribution is -0.270. The maximum absolute atomic E-state index is 14.5. The fourth-order valence-corrected chi connectivity index (χ4v) is 13.9. The number of aliphatic hydroxyl groups is 9. The highest BCUT2D eigenvalue weighted by atomic mass is 16.7. The number of rotatable bonds is 70. The van der Waals surface area contributed by atoms with Crippen LogP contribution in [-0.4, -0.2) is 437 Å². The van der Waals surface area contributed by atoms with E-state index in [1.165, 1.54) is 40.4 Å². The molecule has 49 nitrogen and oxygen atoms in total. The summed E-state index contributed by atoms with van der Waals surface area (Å²) in [6.07, 6.45) is -8.44. The molecule has 0 spiro atoms. The fraction of sp³-hybridized carbons (Fsp3) is 0.810. The van der Waals surface area contributed by atoms with Gasteiger partial charge in [-0.1, -0.05) is 44.9 Å². The van der Waals surface area contributed by atoms with E-state index in [9.17, 15) is 133 Å². The van der Waals surface area contributed by atoms with Crippen LogP contribution in [0.4, 0.5) is 0 Å². The van der Waals surface area contributed by atoms with Crippen LogP contribution in [0.25, 0.3) is 0 Å². The molecule has 0 aromatic heterocycles. The van der Waals surface area contributed by atoms with Crippen LogP contribution >= 0.6 is 0 Å².